The molecular weight excluding hydrogens is 200 g/mol. The first kappa shape index (κ1) is 10.2. The van der Waals surface area contributed by atoms with E-state index in [1.165, 1.54) is 24.0 Å². The zero-order valence-corrected chi connectivity index (χ0v) is 9.48. The number of aliphatic hydroxyl groups is 1. The summed E-state index contributed by atoms with van der Waals surface area (Å²) in [6.07, 6.45) is 5.38. The Balaban J connectivity index is 1.88. The number of rotatable bonds is 1. The van der Waals surface area contributed by atoms with E-state index in [2.05, 4.69) is 18.2 Å². The van der Waals surface area contributed by atoms with Crippen LogP contribution < -0.4 is 4.74 Å². The zero-order chi connectivity index (χ0) is 11.0. The topological polar surface area (TPSA) is 29.5 Å². The summed E-state index contributed by atoms with van der Waals surface area (Å²) in [6.45, 7) is 0.812. The summed E-state index contributed by atoms with van der Waals surface area (Å²) in [6, 6.07) is 6.43. The molecule has 0 saturated heterocycles. The lowest BCUT2D eigenvalue weighted by Crippen LogP contribution is -2.22. The molecule has 1 heterocycles. The largest absolute Gasteiger partial charge is 0.493 e. The fourth-order valence-corrected chi connectivity index (χ4v) is 2.94. The molecule has 1 fully saturated rings. The van der Waals surface area contributed by atoms with Crippen LogP contribution in [0.2, 0.25) is 0 Å². The highest BCUT2D eigenvalue weighted by molar-refractivity contribution is 5.41. The van der Waals surface area contributed by atoms with E-state index in [1.54, 1.807) is 0 Å². The van der Waals surface area contributed by atoms with Crippen LogP contribution in [0.1, 0.15) is 42.7 Å². The van der Waals surface area contributed by atoms with Crippen molar-refractivity contribution in [3.05, 3.63) is 29.3 Å². The van der Waals surface area contributed by atoms with Gasteiger partial charge in [0.15, 0.2) is 0 Å². The van der Waals surface area contributed by atoms with Gasteiger partial charge in [-0.3, -0.25) is 0 Å². The van der Waals surface area contributed by atoms with Crippen molar-refractivity contribution in [1.82, 2.24) is 0 Å². The SMILES string of the molecule is OC1CCCCC1c1ccc2c(c1)CCO2. The summed E-state index contributed by atoms with van der Waals surface area (Å²) < 4.78 is 5.51. The monoisotopic (exact) mass is 218 g/mol. The Morgan fingerprint density at radius 2 is 2.06 bits per heavy atom. The highest BCUT2D eigenvalue weighted by Crippen LogP contribution is 2.36. The van der Waals surface area contributed by atoms with Crippen LogP contribution >= 0.6 is 0 Å². The first-order valence-corrected chi connectivity index (χ1v) is 6.28. The van der Waals surface area contributed by atoms with Crippen molar-refractivity contribution in [3.8, 4) is 5.75 Å². The summed E-state index contributed by atoms with van der Waals surface area (Å²) >= 11 is 0. The number of ether oxygens (including phenoxy) is 1. The highest BCUT2D eigenvalue weighted by atomic mass is 16.5. The summed E-state index contributed by atoms with van der Waals surface area (Å²) in [5.74, 6) is 1.38. The molecule has 1 N–H and O–H groups in total. The van der Waals surface area contributed by atoms with E-state index in [1.807, 2.05) is 0 Å². The van der Waals surface area contributed by atoms with Crippen molar-refractivity contribution in [2.75, 3.05) is 6.61 Å². The van der Waals surface area contributed by atoms with Crippen molar-refractivity contribution in [1.29, 1.82) is 0 Å². The van der Waals surface area contributed by atoms with Gasteiger partial charge in [0, 0.05) is 12.3 Å². The molecule has 2 unspecified atom stereocenters. The van der Waals surface area contributed by atoms with Crippen LogP contribution in [0.15, 0.2) is 18.2 Å². The van der Waals surface area contributed by atoms with Gasteiger partial charge < -0.3 is 9.84 Å². The molecule has 0 bridgehead atoms. The van der Waals surface area contributed by atoms with Crippen LogP contribution in [0.5, 0.6) is 5.75 Å². The van der Waals surface area contributed by atoms with E-state index < -0.39 is 0 Å². The molecule has 1 aromatic rings. The number of aliphatic hydroxyl groups excluding tert-OH is 1. The van der Waals surface area contributed by atoms with Crippen LogP contribution in [-0.2, 0) is 6.42 Å². The molecule has 1 aliphatic heterocycles. The van der Waals surface area contributed by atoms with Gasteiger partial charge in [-0.15, -0.1) is 0 Å². The molecule has 1 aromatic carbocycles. The molecule has 0 spiro atoms. The average molecular weight is 218 g/mol. The van der Waals surface area contributed by atoms with Crippen LogP contribution in [0.4, 0.5) is 0 Å². The first-order valence-electron chi connectivity index (χ1n) is 6.28. The highest BCUT2D eigenvalue weighted by Gasteiger charge is 2.25. The maximum atomic E-state index is 10.0. The van der Waals surface area contributed by atoms with Gasteiger partial charge >= 0.3 is 0 Å². The van der Waals surface area contributed by atoms with Crippen molar-refractivity contribution in [2.45, 2.75) is 44.1 Å². The zero-order valence-electron chi connectivity index (χ0n) is 9.48. The second-order valence-corrected chi connectivity index (χ2v) is 4.92. The van der Waals surface area contributed by atoms with Gasteiger partial charge in [-0.1, -0.05) is 25.0 Å². The Labute approximate surface area is 96.2 Å². The smallest absolute Gasteiger partial charge is 0.122 e. The maximum absolute atomic E-state index is 10.0. The third-order valence-electron chi connectivity index (χ3n) is 3.87. The summed E-state index contributed by atoms with van der Waals surface area (Å²) in [7, 11) is 0. The molecule has 1 saturated carbocycles. The van der Waals surface area contributed by atoms with Crippen LogP contribution in [0.25, 0.3) is 0 Å². The van der Waals surface area contributed by atoms with E-state index in [4.69, 9.17) is 4.74 Å². The number of hydrogen-bond donors (Lipinski definition) is 1. The Bertz CT molecular complexity index is 386. The summed E-state index contributed by atoms with van der Waals surface area (Å²) in [5.41, 5.74) is 2.62. The van der Waals surface area contributed by atoms with Crippen LogP contribution in [0, 0.1) is 0 Å². The van der Waals surface area contributed by atoms with Gasteiger partial charge in [0.25, 0.3) is 0 Å². The minimum atomic E-state index is -0.144. The Morgan fingerprint density at radius 1 is 1.19 bits per heavy atom. The molecule has 0 radical (unpaired) electrons. The fourth-order valence-electron chi connectivity index (χ4n) is 2.94. The van der Waals surface area contributed by atoms with E-state index in [-0.39, 0.29) is 6.10 Å². The van der Waals surface area contributed by atoms with Crippen molar-refractivity contribution in [2.24, 2.45) is 0 Å². The van der Waals surface area contributed by atoms with Crippen LogP contribution in [-0.4, -0.2) is 17.8 Å². The third kappa shape index (κ3) is 1.71. The van der Waals surface area contributed by atoms with Gasteiger partial charge in [0.05, 0.1) is 12.7 Å². The first-order chi connectivity index (χ1) is 7.84. The second kappa shape index (κ2) is 4.10. The van der Waals surface area contributed by atoms with Crippen molar-refractivity contribution >= 4 is 0 Å². The third-order valence-corrected chi connectivity index (χ3v) is 3.87. The van der Waals surface area contributed by atoms with E-state index in [9.17, 15) is 5.11 Å². The van der Waals surface area contributed by atoms with Crippen LogP contribution in [0.3, 0.4) is 0 Å². The predicted molar refractivity (Wildman–Crippen MR) is 62.9 cm³/mol. The maximum Gasteiger partial charge on any atom is 0.122 e. The normalized spacial score (nSPS) is 28.6. The molecular formula is C14H18O2. The number of fused-ring (bicyclic) bond motifs is 1. The number of hydrogen-bond acceptors (Lipinski definition) is 2. The lowest BCUT2D eigenvalue weighted by Gasteiger charge is -2.28. The minimum Gasteiger partial charge on any atom is -0.493 e. The molecule has 2 nitrogen and oxygen atoms in total. The standard InChI is InChI=1S/C14H18O2/c15-13-4-2-1-3-12(13)10-5-6-14-11(9-10)7-8-16-14/h5-6,9,12-13,15H,1-4,7-8H2. The molecule has 0 aromatic heterocycles. The lowest BCUT2D eigenvalue weighted by molar-refractivity contribution is 0.106. The predicted octanol–water partition coefficient (Wildman–Crippen LogP) is 2.64. The Hall–Kier alpha value is -1.02. The van der Waals surface area contributed by atoms with Gasteiger partial charge in [-0.2, -0.15) is 0 Å². The molecule has 0 amide bonds. The molecule has 2 heteroatoms. The Morgan fingerprint density at radius 3 is 2.94 bits per heavy atom. The lowest BCUT2D eigenvalue weighted by atomic mass is 9.81. The molecule has 16 heavy (non-hydrogen) atoms. The molecule has 86 valence electrons. The summed E-state index contributed by atoms with van der Waals surface area (Å²) in [5, 5.41) is 10.0. The fraction of sp³-hybridized carbons (Fsp3) is 0.571. The molecule has 2 aliphatic rings. The van der Waals surface area contributed by atoms with Crippen molar-refractivity contribution < 1.29 is 9.84 Å². The van der Waals surface area contributed by atoms with Gasteiger partial charge in [0.2, 0.25) is 0 Å². The quantitative estimate of drug-likeness (QED) is 0.785. The van der Waals surface area contributed by atoms with E-state index >= 15 is 0 Å². The van der Waals surface area contributed by atoms with Crippen molar-refractivity contribution in [3.63, 3.8) is 0 Å². The van der Waals surface area contributed by atoms with E-state index in [0.717, 1.165) is 31.6 Å². The van der Waals surface area contributed by atoms with Gasteiger partial charge in [-0.05, 0) is 30.0 Å². The van der Waals surface area contributed by atoms with E-state index in [0.29, 0.717) is 5.92 Å². The molecule has 1 aliphatic carbocycles. The number of benzene rings is 1. The molecule has 3 rings (SSSR count). The van der Waals surface area contributed by atoms with Gasteiger partial charge in [-0.25, -0.2) is 0 Å². The van der Waals surface area contributed by atoms with Gasteiger partial charge in [0.1, 0.15) is 5.75 Å². The second-order valence-electron chi connectivity index (χ2n) is 4.92. The molecule has 2 atom stereocenters. The average Bonchev–Trinajstić information content (AvgIpc) is 2.76. The minimum absolute atomic E-state index is 0.144. The Kier molecular flexibility index (Phi) is 2.60. The summed E-state index contributed by atoms with van der Waals surface area (Å²) in [4.78, 5) is 0.